The topological polar surface area (TPSA) is 129 Å². The van der Waals surface area contributed by atoms with Gasteiger partial charge in [0.15, 0.2) is 0 Å². The fraction of sp³-hybridized carbons (Fsp3) is 0.182. The van der Waals surface area contributed by atoms with Crippen LogP contribution in [0.1, 0.15) is 27.8 Å². The van der Waals surface area contributed by atoms with Gasteiger partial charge in [0.05, 0.1) is 18.2 Å². The number of aromatic nitrogens is 2. The van der Waals surface area contributed by atoms with Crippen molar-refractivity contribution in [3.63, 3.8) is 0 Å². The predicted octanol–water partition coefficient (Wildman–Crippen LogP) is 4.87. The summed E-state index contributed by atoms with van der Waals surface area (Å²) in [5.41, 5.74) is 7.27. The van der Waals surface area contributed by atoms with E-state index in [-0.39, 0.29) is 13.2 Å². The molecule has 0 amide bonds. The summed E-state index contributed by atoms with van der Waals surface area (Å²) < 4.78 is 14.3. The van der Waals surface area contributed by atoms with Crippen LogP contribution in [-0.4, -0.2) is 38.2 Å². The first-order valence-electron chi connectivity index (χ1n) is 13.4. The Morgan fingerprint density at radius 3 is 2.71 bits per heavy atom. The number of pyridine rings is 1. The second-order valence-electron chi connectivity index (χ2n) is 9.81. The van der Waals surface area contributed by atoms with Gasteiger partial charge in [0.1, 0.15) is 36.4 Å². The number of rotatable bonds is 12. The van der Waals surface area contributed by atoms with E-state index in [4.69, 9.17) is 9.47 Å². The molecule has 5 rings (SSSR count). The molecule has 0 aliphatic carbocycles. The van der Waals surface area contributed by atoms with Crippen LogP contribution in [0.25, 0.3) is 16.8 Å². The van der Waals surface area contributed by atoms with E-state index < -0.39 is 18.6 Å². The molecule has 9 heteroatoms. The van der Waals surface area contributed by atoms with Crippen LogP contribution in [0.2, 0.25) is 0 Å². The molecule has 3 N–H and O–H groups in total. The maximum atomic E-state index is 11.4. The summed E-state index contributed by atoms with van der Waals surface area (Å²) in [7, 11) is 0. The second-order valence-corrected chi connectivity index (χ2v) is 9.81. The highest BCUT2D eigenvalue weighted by Crippen LogP contribution is 2.29. The maximum absolute atomic E-state index is 11.4. The quantitative estimate of drug-likeness (QED) is 0.196. The van der Waals surface area contributed by atoms with Crippen LogP contribution in [0.5, 0.6) is 11.5 Å². The van der Waals surface area contributed by atoms with Crippen LogP contribution in [0.3, 0.4) is 0 Å². The lowest BCUT2D eigenvalue weighted by molar-refractivity contribution is -0.140. The molecule has 0 radical (unpaired) electrons. The fourth-order valence-electron chi connectivity index (χ4n) is 4.65. The molecule has 2 aromatic heterocycles. The number of fused-ring (bicyclic) bond motifs is 1. The minimum Gasteiger partial charge on any atom is -0.489 e. The third-order valence-corrected chi connectivity index (χ3v) is 7.05. The van der Waals surface area contributed by atoms with Gasteiger partial charge in [-0.1, -0.05) is 36.4 Å². The Hall–Kier alpha value is -5.17. The zero-order valence-electron chi connectivity index (χ0n) is 23.0. The Morgan fingerprint density at radius 2 is 1.90 bits per heavy atom. The molecule has 212 valence electrons. The average Bonchev–Trinajstić information content (AvgIpc) is 3.48. The SMILES string of the molecule is Cc1c(COc2ccc(CN[C@@H](CO)C(=O)O)c(OCc3cccc(C#N)c3)c2)cccc1-c1ccc2nccn2c1. The number of aliphatic hydroxyl groups is 1. The summed E-state index contributed by atoms with van der Waals surface area (Å²) in [5.74, 6) is -0.0551. The molecule has 0 spiro atoms. The fourth-order valence-corrected chi connectivity index (χ4v) is 4.65. The number of carboxylic acids is 1. The van der Waals surface area contributed by atoms with Gasteiger partial charge in [-0.2, -0.15) is 5.26 Å². The molecule has 0 aliphatic heterocycles. The second kappa shape index (κ2) is 13.0. The van der Waals surface area contributed by atoms with Gasteiger partial charge in [-0.15, -0.1) is 0 Å². The van der Waals surface area contributed by atoms with Gasteiger partial charge in [-0.05, 0) is 65.1 Å². The monoisotopic (exact) mass is 562 g/mol. The maximum Gasteiger partial charge on any atom is 0.323 e. The van der Waals surface area contributed by atoms with Crippen LogP contribution < -0.4 is 14.8 Å². The molecule has 0 saturated heterocycles. The number of ether oxygens (including phenoxy) is 2. The molecule has 5 aromatic rings. The number of nitrogens with zero attached hydrogens (tertiary/aromatic N) is 3. The molecule has 0 fully saturated rings. The molecule has 0 saturated carbocycles. The molecule has 42 heavy (non-hydrogen) atoms. The third kappa shape index (κ3) is 6.58. The Labute approximate surface area is 243 Å². The van der Waals surface area contributed by atoms with Gasteiger partial charge in [0, 0.05) is 36.8 Å². The molecule has 3 aromatic carbocycles. The summed E-state index contributed by atoms with van der Waals surface area (Å²) in [6.45, 7) is 2.23. The van der Waals surface area contributed by atoms with Gasteiger partial charge in [0.2, 0.25) is 0 Å². The lowest BCUT2D eigenvalue weighted by Crippen LogP contribution is -2.39. The lowest BCUT2D eigenvalue weighted by atomic mass is 9.98. The zero-order valence-corrected chi connectivity index (χ0v) is 23.0. The van der Waals surface area contributed by atoms with Crippen LogP contribution in [0.15, 0.2) is 91.4 Å². The highest BCUT2D eigenvalue weighted by atomic mass is 16.5. The molecule has 2 heterocycles. The summed E-state index contributed by atoms with van der Waals surface area (Å²) in [4.78, 5) is 15.7. The van der Waals surface area contributed by atoms with E-state index >= 15 is 0 Å². The number of hydrogen-bond acceptors (Lipinski definition) is 7. The van der Waals surface area contributed by atoms with Crippen molar-refractivity contribution >= 4 is 11.6 Å². The smallest absolute Gasteiger partial charge is 0.323 e. The third-order valence-electron chi connectivity index (χ3n) is 7.05. The summed E-state index contributed by atoms with van der Waals surface area (Å²) in [5, 5.41) is 30.7. The van der Waals surface area contributed by atoms with Gasteiger partial charge in [-0.3, -0.25) is 10.1 Å². The number of benzene rings is 3. The molecule has 0 unspecified atom stereocenters. The minimum atomic E-state index is -1.14. The molecule has 1 atom stereocenters. The summed E-state index contributed by atoms with van der Waals surface area (Å²) in [6.07, 6.45) is 5.76. The Kier molecular flexibility index (Phi) is 8.78. The highest BCUT2D eigenvalue weighted by molar-refractivity contribution is 5.73. The highest BCUT2D eigenvalue weighted by Gasteiger charge is 2.17. The Bertz CT molecular complexity index is 1760. The van der Waals surface area contributed by atoms with Crippen molar-refractivity contribution in [2.75, 3.05) is 6.61 Å². The van der Waals surface area contributed by atoms with Crippen LogP contribution >= 0.6 is 0 Å². The van der Waals surface area contributed by atoms with E-state index in [2.05, 4.69) is 41.6 Å². The number of carboxylic acid groups (broad SMARTS) is 1. The van der Waals surface area contributed by atoms with Crippen molar-refractivity contribution in [2.24, 2.45) is 0 Å². The molecule has 9 nitrogen and oxygen atoms in total. The van der Waals surface area contributed by atoms with Gasteiger partial charge in [-0.25, -0.2) is 4.98 Å². The number of hydrogen-bond donors (Lipinski definition) is 3. The first kappa shape index (κ1) is 28.4. The van der Waals surface area contributed by atoms with E-state index in [1.54, 1.807) is 36.5 Å². The normalized spacial score (nSPS) is 11.6. The number of nitrogens with one attached hydrogen (secondary N) is 1. The van der Waals surface area contributed by atoms with E-state index in [9.17, 15) is 20.3 Å². The van der Waals surface area contributed by atoms with Crippen molar-refractivity contribution in [3.05, 3.63) is 119 Å². The number of nitriles is 1. The molecular formula is C33H30N4O5. The average molecular weight is 563 g/mol. The van der Waals surface area contributed by atoms with Crippen molar-refractivity contribution in [1.82, 2.24) is 14.7 Å². The number of aliphatic carboxylic acids is 1. The van der Waals surface area contributed by atoms with E-state index in [1.165, 1.54) is 0 Å². The number of imidazole rings is 1. The Morgan fingerprint density at radius 1 is 1.05 bits per heavy atom. The van der Waals surface area contributed by atoms with Gasteiger partial charge >= 0.3 is 5.97 Å². The van der Waals surface area contributed by atoms with Crippen molar-refractivity contribution in [1.29, 1.82) is 5.26 Å². The minimum absolute atomic E-state index is 0.161. The van der Waals surface area contributed by atoms with Crippen LogP contribution in [0.4, 0.5) is 0 Å². The molecule has 0 aliphatic rings. The largest absolute Gasteiger partial charge is 0.489 e. The number of carbonyl (C=O) groups is 1. The predicted molar refractivity (Wildman–Crippen MR) is 157 cm³/mol. The van der Waals surface area contributed by atoms with Gasteiger partial charge in [0.25, 0.3) is 0 Å². The van der Waals surface area contributed by atoms with Crippen LogP contribution in [-0.2, 0) is 24.6 Å². The van der Waals surface area contributed by atoms with Gasteiger partial charge < -0.3 is 24.1 Å². The van der Waals surface area contributed by atoms with Crippen molar-refractivity contribution in [3.8, 4) is 28.7 Å². The lowest BCUT2D eigenvalue weighted by Gasteiger charge is -2.17. The van der Waals surface area contributed by atoms with Crippen LogP contribution in [0, 0.1) is 18.3 Å². The first-order valence-corrected chi connectivity index (χ1v) is 13.4. The number of aliphatic hydroxyl groups excluding tert-OH is 1. The summed E-state index contributed by atoms with van der Waals surface area (Å²) >= 11 is 0. The standard InChI is InChI=1S/C33H30N4O5/c1-22-27(6-3-7-29(22)26-9-11-32-35-12-13-37(32)18-26)21-41-28-10-8-25(17-36-30(19-38)33(39)40)31(15-28)42-20-24-5-2-4-23(14-24)16-34/h2-15,18,30,36,38H,17,19-21H2,1H3,(H,39,40)/t30-/m0/s1. The zero-order chi connectivity index (χ0) is 29.5. The summed E-state index contributed by atoms with van der Waals surface area (Å²) in [6, 6.07) is 23.7. The molecule has 0 bridgehead atoms. The van der Waals surface area contributed by atoms with E-state index in [0.29, 0.717) is 29.2 Å². The Balaban J connectivity index is 1.35. The van der Waals surface area contributed by atoms with Crippen molar-refractivity contribution < 1.29 is 24.5 Å². The first-order chi connectivity index (χ1) is 20.4. The van der Waals surface area contributed by atoms with E-state index in [1.807, 2.05) is 40.9 Å². The van der Waals surface area contributed by atoms with E-state index in [0.717, 1.165) is 33.5 Å². The molecular weight excluding hydrogens is 532 g/mol. The van der Waals surface area contributed by atoms with Crippen molar-refractivity contribution in [2.45, 2.75) is 32.7 Å².